The lowest BCUT2D eigenvalue weighted by Gasteiger charge is -2.05. The predicted molar refractivity (Wildman–Crippen MR) is 80.5 cm³/mol. The number of aliphatic carboxylic acids is 1. The molecule has 0 aliphatic rings. The van der Waals surface area contributed by atoms with E-state index in [9.17, 15) is 8.42 Å². The largest absolute Gasteiger partial charge is 0.481 e. The fraction of sp³-hybridized carbons (Fsp3) is 0.0714. The number of benzene rings is 2. The van der Waals surface area contributed by atoms with Crippen LogP contribution in [0.5, 0.6) is 0 Å². The number of carboxylic acids is 1. The first kappa shape index (κ1) is 16.5. The molecule has 5 N–H and O–H groups in total. The number of carboxylic acid groups (broad SMARTS) is 1. The maximum absolute atomic E-state index is 12.2. The van der Waals surface area contributed by atoms with Crippen LogP contribution in [0.1, 0.15) is 6.92 Å². The minimum absolute atomic E-state index is 0.170. The number of carbonyl (C=O) groups is 1. The first-order chi connectivity index (χ1) is 9.73. The molecule has 0 spiro atoms. The van der Waals surface area contributed by atoms with E-state index in [0.717, 1.165) is 6.92 Å². The van der Waals surface area contributed by atoms with Crippen LogP contribution in [0, 0.1) is 0 Å². The Kier molecular flexibility index (Phi) is 5.31. The Bertz CT molecular complexity index is 687. The van der Waals surface area contributed by atoms with Crippen molar-refractivity contribution in [2.24, 2.45) is 0 Å². The SMILES string of the molecule is CC(=O)O.Nc1cccc(S(=O)(=O)c2cccc(N)c2)c1. The lowest BCUT2D eigenvalue weighted by molar-refractivity contribution is -0.134. The molecule has 2 rings (SSSR count). The molecule has 0 fully saturated rings. The fourth-order valence-electron chi connectivity index (χ4n) is 1.50. The molecule has 2 aromatic rings. The summed E-state index contributed by atoms with van der Waals surface area (Å²) in [4.78, 5) is 9.34. The summed E-state index contributed by atoms with van der Waals surface area (Å²) in [6, 6.07) is 12.4. The molecule has 2 aromatic carbocycles. The molecular formula is C14H16N2O4S. The lowest BCUT2D eigenvalue weighted by atomic mass is 10.3. The van der Waals surface area contributed by atoms with E-state index in [-0.39, 0.29) is 9.79 Å². The molecule has 0 amide bonds. The van der Waals surface area contributed by atoms with Gasteiger partial charge in [0, 0.05) is 18.3 Å². The van der Waals surface area contributed by atoms with E-state index in [2.05, 4.69) is 0 Å². The van der Waals surface area contributed by atoms with E-state index in [1.165, 1.54) is 24.3 Å². The van der Waals surface area contributed by atoms with Crippen LogP contribution >= 0.6 is 0 Å². The van der Waals surface area contributed by atoms with Crippen molar-refractivity contribution in [3.63, 3.8) is 0 Å². The van der Waals surface area contributed by atoms with Crippen LogP contribution in [-0.2, 0) is 14.6 Å². The molecule has 0 bridgehead atoms. The van der Waals surface area contributed by atoms with Crippen molar-refractivity contribution in [1.82, 2.24) is 0 Å². The highest BCUT2D eigenvalue weighted by Gasteiger charge is 2.17. The van der Waals surface area contributed by atoms with E-state index in [0.29, 0.717) is 11.4 Å². The van der Waals surface area contributed by atoms with E-state index in [1.54, 1.807) is 24.3 Å². The molecule has 0 unspecified atom stereocenters. The molecule has 0 aromatic heterocycles. The van der Waals surface area contributed by atoms with Gasteiger partial charge in [0.25, 0.3) is 5.97 Å². The van der Waals surface area contributed by atoms with E-state index >= 15 is 0 Å². The molecule has 21 heavy (non-hydrogen) atoms. The van der Waals surface area contributed by atoms with E-state index in [1.807, 2.05) is 0 Å². The summed E-state index contributed by atoms with van der Waals surface area (Å²) in [5.41, 5.74) is 12.0. The number of rotatable bonds is 2. The third-order valence-corrected chi connectivity index (χ3v) is 4.09. The van der Waals surface area contributed by atoms with Crippen LogP contribution in [0.15, 0.2) is 58.3 Å². The average Bonchev–Trinajstić information content (AvgIpc) is 2.38. The van der Waals surface area contributed by atoms with Gasteiger partial charge in [-0.1, -0.05) is 12.1 Å². The van der Waals surface area contributed by atoms with Gasteiger partial charge in [-0.2, -0.15) is 0 Å². The Morgan fingerprint density at radius 2 is 1.29 bits per heavy atom. The number of hydrogen-bond donors (Lipinski definition) is 3. The smallest absolute Gasteiger partial charge is 0.300 e. The van der Waals surface area contributed by atoms with Crippen molar-refractivity contribution < 1.29 is 18.3 Å². The van der Waals surface area contributed by atoms with Crippen LogP contribution in [0.2, 0.25) is 0 Å². The van der Waals surface area contributed by atoms with Crippen LogP contribution in [0.4, 0.5) is 11.4 Å². The Morgan fingerprint density at radius 1 is 0.952 bits per heavy atom. The topological polar surface area (TPSA) is 123 Å². The number of nitrogens with two attached hydrogens (primary N) is 2. The third kappa shape index (κ3) is 4.81. The molecule has 7 heteroatoms. The molecule has 0 aliphatic heterocycles. The van der Waals surface area contributed by atoms with Gasteiger partial charge in [0.15, 0.2) is 0 Å². The lowest BCUT2D eigenvalue weighted by Crippen LogP contribution is -2.03. The van der Waals surface area contributed by atoms with Gasteiger partial charge in [0.05, 0.1) is 9.79 Å². The maximum Gasteiger partial charge on any atom is 0.300 e. The Morgan fingerprint density at radius 3 is 1.57 bits per heavy atom. The second-order valence-electron chi connectivity index (χ2n) is 4.17. The van der Waals surface area contributed by atoms with Crippen LogP contribution < -0.4 is 11.5 Å². The zero-order chi connectivity index (χ0) is 16.0. The zero-order valence-electron chi connectivity index (χ0n) is 11.4. The normalized spacial score (nSPS) is 10.3. The summed E-state index contributed by atoms with van der Waals surface area (Å²) in [7, 11) is -3.54. The molecule has 0 heterocycles. The molecule has 6 nitrogen and oxygen atoms in total. The highest BCUT2D eigenvalue weighted by molar-refractivity contribution is 7.91. The van der Waals surface area contributed by atoms with Gasteiger partial charge >= 0.3 is 0 Å². The highest BCUT2D eigenvalue weighted by Crippen LogP contribution is 2.23. The van der Waals surface area contributed by atoms with Crippen molar-refractivity contribution in [1.29, 1.82) is 0 Å². The Balaban J connectivity index is 0.000000491. The monoisotopic (exact) mass is 308 g/mol. The van der Waals surface area contributed by atoms with E-state index < -0.39 is 15.8 Å². The average molecular weight is 308 g/mol. The van der Waals surface area contributed by atoms with Crippen molar-refractivity contribution in [3.8, 4) is 0 Å². The fourth-order valence-corrected chi connectivity index (χ4v) is 2.87. The van der Waals surface area contributed by atoms with E-state index in [4.69, 9.17) is 21.4 Å². The van der Waals surface area contributed by atoms with Crippen molar-refractivity contribution in [2.75, 3.05) is 11.5 Å². The van der Waals surface area contributed by atoms with Crippen LogP contribution in [0.25, 0.3) is 0 Å². The van der Waals surface area contributed by atoms with Gasteiger partial charge in [-0.25, -0.2) is 8.42 Å². The predicted octanol–water partition coefficient (Wildman–Crippen LogP) is 1.77. The maximum atomic E-state index is 12.2. The van der Waals surface area contributed by atoms with Crippen LogP contribution in [0.3, 0.4) is 0 Å². The summed E-state index contributed by atoms with van der Waals surface area (Å²) < 4.78 is 24.5. The van der Waals surface area contributed by atoms with Gasteiger partial charge < -0.3 is 16.6 Å². The Labute approximate surface area is 122 Å². The van der Waals surface area contributed by atoms with Gasteiger partial charge in [0.2, 0.25) is 9.84 Å². The summed E-state index contributed by atoms with van der Waals surface area (Å²) in [6.07, 6.45) is 0. The minimum atomic E-state index is -3.54. The number of nitrogen functional groups attached to an aromatic ring is 2. The van der Waals surface area contributed by atoms with Gasteiger partial charge in [-0.05, 0) is 36.4 Å². The molecular weight excluding hydrogens is 292 g/mol. The van der Waals surface area contributed by atoms with Gasteiger partial charge in [0.1, 0.15) is 0 Å². The van der Waals surface area contributed by atoms with Crippen LogP contribution in [-0.4, -0.2) is 19.5 Å². The molecule has 0 aliphatic carbocycles. The second-order valence-corrected chi connectivity index (χ2v) is 6.12. The molecule has 0 radical (unpaired) electrons. The number of anilines is 2. The highest BCUT2D eigenvalue weighted by atomic mass is 32.2. The summed E-state index contributed by atoms with van der Waals surface area (Å²) in [6.45, 7) is 1.08. The number of hydrogen-bond acceptors (Lipinski definition) is 5. The first-order valence-corrected chi connectivity index (χ1v) is 7.37. The summed E-state index contributed by atoms with van der Waals surface area (Å²) >= 11 is 0. The molecule has 0 atom stereocenters. The van der Waals surface area contributed by atoms with Gasteiger partial charge in [-0.15, -0.1) is 0 Å². The molecule has 112 valence electrons. The second kappa shape index (κ2) is 6.76. The number of sulfone groups is 1. The van der Waals surface area contributed by atoms with Crippen molar-refractivity contribution in [3.05, 3.63) is 48.5 Å². The first-order valence-electron chi connectivity index (χ1n) is 5.89. The van der Waals surface area contributed by atoms with Crippen molar-refractivity contribution >= 4 is 27.2 Å². The standard InChI is InChI=1S/C12H12N2O2S.C2H4O2/c13-9-3-1-5-11(7-9)17(15,16)12-6-2-4-10(14)8-12;1-2(3)4/h1-8H,13-14H2;1H3,(H,3,4). The van der Waals surface area contributed by atoms with Crippen molar-refractivity contribution in [2.45, 2.75) is 16.7 Å². The molecule has 0 saturated heterocycles. The zero-order valence-corrected chi connectivity index (χ0v) is 12.2. The summed E-state index contributed by atoms with van der Waals surface area (Å²) in [5, 5.41) is 7.42. The quantitative estimate of drug-likeness (QED) is 0.726. The molecule has 0 saturated carbocycles. The van der Waals surface area contributed by atoms with Gasteiger partial charge in [-0.3, -0.25) is 4.79 Å². The third-order valence-electron chi connectivity index (χ3n) is 2.34. The minimum Gasteiger partial charge on any atom is -0.481 e. The Hall–Kier alpha value is -2.54. The summed E-state index contributed by atoms with van der Waals surface area (Å²) in [5.74, 6) is -0.833.